The van der Waals surface area contributed by atoms with E-state index in [9.17, 15) is 0 Å². The lowest BCUT2D eigenvalue weighted by Crippen LogP contribution is -2.54. The van der Waals surface area contributed by atoms with Gasteiger partial charge < -0.3 is 15.5 Å². The van der Waals surface area contributed by atoms with E-state index in [1.165, 1.54) is 5.69 Å². The van der Waals surface area contributed by atoms with Crippen molar-refractivity contribution in [2.24, 2.45) is 0 Å². The number of thiocarbonyl (C=S) groups is 1. The summed E-state index contributed by atoms with van der Waals surface area (Å²) in [5.41, 5.74) is 1.20. The highest BCUT2D eigenvalue weighted by molar-refractivity contribution is 7.80. The molecular weight excluding hydrogens is 182 g/mol. The Kier molecular flexibility index (Phi) is 2.31. The molecule has 2 N–H and O–H groups in total. The SMILES string of the molecule is S=C1NCN(c2ccccc2)CN1. The molecule has 0 atom stereocenters. The molecule has 3 nitrogen and oxygen atoms in total. The van der Waals surface area contributed by atoms with Crippen molar-refractivity contribution in [1.29, 1.82) is 0 Å². The Hall–Kier alpha value is -1.29. The van der Waals surface area contributed by atoms with Gasteiger partial charge in [-0.1, -0.05) is 18.2 Å². The first kappa shape index (κ1) is 8.31. The van der Waals surface area contributed by atoms with Crippen LogP contribution in [0.1, 0.15) is 0 Å². The van der Waals surface area contributed by atoms with Crippen LogP contribution in [-0.2, 0) is 0 Å². The number of hydrogen-bond acceptors (Lipinski definition) is 2. The van der Waals surface area contributed by atoms with Crippen LogP contribution in [0.2, 0.25) is 0 Å². The second kappa shape index (κ2) is 3.62. The van der Waals surface area contributed by atoms with Crippen LogP contribution in [0.25, 0.3) is 0 Å². The Morgan fingerprint density at radius 2 is 1.69 bits per heavy atom. The largest absolute Gasteiger partial charge is 0.345 e. The number of hydrogen-bond donors (Lipinski definition) is 2. The van der Waals surface area contributed by atoms with Crippen molar-refractivity contribution in [1.82, 2.24) is 10.6 Å². The molecule has 0 spiro atoms. The van der Waals surface area contributed by atoms with Crippen molar-refractivity contribution in [3.63, 3.8) is 0 Å². The summed E-state index contributed by atoms with van der Waals surface area (Å²) in [5, 5.41) is 6.88. The molecule has 0 unspecified atom stereocenters. The Balaban J connectivity index is 2.07. The van der Waals surface area contributed by atoms with Crippen LogP contribution in [-0.4, -0.2) is 18.4 Å². The van der Waals surface area contributed by atoms with Gasteiger partial charge in [0.05, 0.1) is 13.3 Å². The predicted octanol–water partition coefficient (Wildman–Crippen LogP) is 0.886. The van der Waals surface area contributed by atoms with E-state index in [4.69, 9.17) is 12.2 Å². The van der Waals surface area contributed by atoms with Crippen molar-refractivity contribution in [2.45, 2.75) is 0 Å². The molecule has 0 aromatic heterocycles. The lowest BCUT2D eigenvalue weighted by Gasteiger charge is -2.31. The van der Waals surface area contributed by atoms with Crippen molar-refractivity contribution >= 4 is 23.0 Å². The molecule has 0 aliphatic carbocycles. The van der Waals surface area contributed by atoms with E-state index in [2.05, 4.69) is 27.7 Å². The first-order valence-electron chi connectivity index (χ1n) is 4.18. The van der Waals surface area contributed by atoms with E-state index in [-0.39, 0.29) is 0 Å². The molecule has 1 heterocycles. The fraction of sp³-hybridized carbons (Fsp3) is 0.222. The van der Waals surface area contributed by atoms with Crippen molar-refractivity contribution in [3.05, 3.63) is 30.3 Å². The van der Waals surface area contributed by atoms with Gasteiger partial charge >= 0.3 is 0 Å². The van der Waals surface area contributed by atoms with Crippen LogP contribution in [0, 0.1) is 0 Å². The number of rotatable bonds is 1. The van der Waals surface area contributed by atoms with Gasteiger partial charge in [0, 0.05) is 5.69 Å². The zero-order valence-corrected chi connectivity index (χ0v) is 7.97. The van der Waals surface area contributed by atoms with Gasteiger partial charge in [0.2, 0.25) is 0 Å². The Morgan fingerprint density at radius 1 is 1.08 bits per heavy atom. The second-order valence-corrected chi connectivity index (χ2v) is 3.28. The lowest BCUT2D eigenvalue weighted by molar-refractivity contribution is 0.672. The molecule has 0 saturated carbocycles. The molecule has 0 amide bonds. The maximum Gasteiger partial charge on any atom is 0.169 e. The van der Waals surface area contributed by atoms with E-state index >= 15 is 0 Å². The summed E-state index contributed by atoms with van der Waals surface area (Å²) < 4.78 is 0. The van der Waals surface area contributed by atoms with Crippen LogP contribution < -0.4 is 15.5 Å². The summed E-state index contributed by atoms with van der Waals surface area (Å²) in [6.07, 6.45) is 0. The van der Waals surface area contributed by atoms with Gasteiger partial charge in [-0.3, -0.25) is 0 Å². The maximum atomic E-state index is 4.96. The molecular formula is C9H11N3S. The standard InChI is InChI=1S/C9H11N3S/c13-9-10-6-12(7-11-9)8-4-2-1-3-5-8/h1-5H,6-7H2,(H2,10,11,13). The fourth-order valence-electron chi connectivity index (χ4n) is 1.27. The van der Waals surface area contributed by atoms with Gasteiger partial charge in [-0.2, -0.15) is 0 Å². The average Bonchev–Trinajstić information content (AvgIpc) is 2.20. The van der Waals surface area contributed by atoms with Gasteiger partial charge in [-0.25, -0.2) is 0 Å². The van der Waals surface area contributed by atoms with Crippen LogP contribution in [0.4, 0.5) is 5.69 Å². The minimum Gasteiger partial charge on any atom is -0.345 e. The average molecular weight is 193 g/mol. The van der Waals surface area contributed by atoms with E-state index in [1.54, 1.807) is 0 Å². The number of para-hydroxylation sites is 1. The summed E-state index contributed by atoms with van der Waals surface area (Å²) >= 11 is 4.96. The third-order valence-electron chi connectivity index (χ3n) is 1.98. The summed E-state index contributed by atoms with van der Waals surface area (Å²) in [7, 11) is 0. The highest BCUT2D eigenvalue weighted by atomic mass is 32.1. The van der Waals surface area contributed by atoms with E-state index in [1.807, 2.05) is 18.2 Å². The normalized spacial score (nSPS) is 16.3. The van der Waals surface area contributed by atoms with Crippen LogP contribution in [0.15, 0.2) is 30.3 Å². The Morgan fingerprint density at radius 3 is 2.31 bits per heavy atom. The minimum atomic E-state index is 0.729. The molecule has 68 valence electrons. The quantitative estimate of drug-likeness (QED) is 0.648. The summed E-state index contributed by atoms with van der Waals surface area (Å²) in [6.45, 7) is 1.55. The summed E-state index contributed by atoms with van der Waals surface area (Å²) in [5.74, 6) is 0. The third-order valence-corrected chi connectivity index (χ3v) is 2.27. The molecule has 0 bridgehead atoms. The summed E-state index contributed by atoms with van der Waals surface area (Å²) in [4.78, 5) is 2.18. The second-order valence-electron chi connectivity index (χ2n) is 2.87. The fourth-order valence-corrected chi connectivity index (χ4v) is 1.40. The molecule has 4 heteroatoms. The number of benzene rings is 1. The monoisotopic (exact) mass is 193 g/mol. The van der Waals surface area contributed by atoms with Crippen molar-refractivity contribution < 1.29 is 0 Å². The lowest BCUT2D eigenvalue weighted by atomic mass is 10.3. The van der Waals surface area contributed by atoms with Gasteiger partial charge in [0.15, 0.2) is 5.11 Å². The number of anilines is 1. The molecule has 13 heavy (non-hydrogen) atoms. The molecule has 2 rings (SSSR count). The zero-order valence-electron chi connectivity index (χ0n) is 7.16. The topological polar surface area (TPSA) is 27.3 Å². The molecule has 1 aromatic carbocycles. The van der Waals surface area contributed by atoms with E-state index in [0.29, 0.717) is 0 Å². The molecule has 1 fully saturated rings. The first-order valence-corrected chi connectivity index (χ1v) is 4.59. The van der Waals surface area contributed by atoms with Crippen molar-refractivity contribution in [3.8, 4) is 0 Å². The molecule has 1 aromatic rings. The Labute approximate surface area is 82.7 Å². The molecule has 1 saturated heterocycles. The number of nitrogens with one attached hydrogen (secondary N) is 2. The predicted molar refractivity (Wildman–Crippen MR) is 57.5 cm³/mol. The highest BCUT2D eigenvalue weighted by Gasteiger charge is 2.10. The maximum absolute atomic E-state index is 4.96. The molecule has 1 aliphatic heterocycles. The van der Waals surface area contributed by atoms with Gasteiger partial charge in [0.1, 0.15) is 0 Å². The van der Waals surface area contributed by atoms with Gasteiger partial charge in [-0.05, 0) is 24.4 Å². The van der Waals surface area contributed by atoms with Gasteiger partial charge in [-0.15, -0.1) is 0 Å². The minimum absolute atomic E-state index is 0.729. The zero-order chi connectivity index (χ0) is 9.10. The van der Waals surface area contributed by atoms with E-state index in [0.717, 1.165) is 18.4 Å². The van der Waals surface area contributed by atoms with Crippen molar-refractivity contribution in [2.75, 3.05) is 18.2 Å². The third kappa shape index (κ3) is 1.89. The van der Waals surface area contributed by atoms with Crippen LogP contribution >= 0.6 is 12.2 Å². The van der Waals surface area contributed by atoms with Crippen LogP contribution in [0.5, 0.6) is 0 Å². The smallest absolute Gasteiger partial charge is 0.169 e. The van der Waals surface area contributed by atoms with Crippen LogP contribution in [0.3, 0.4) is 0 Å². The Bertz CT molecular complexity index is 289. The highest BCUT2D eigenvalue weighted by Crippen LogP contribution is 2.11. The van der Waals surface area contributed by atoms with Gasteiger partial charge in [0.25, 0.3) is 0 Å². The number of nitrogens with zero attached hydrogens (tertiary/aromatic N) is 1. The summed E-state index contributed by atoms with van der Waals surface area (Å²) in [6, 6.07) is 10.2. The first-order chi connectivity index (χ1) is 6.36. The molecule has 1 aliphatic rings. The molecule has 0 radical (unpaired) electrons. The van der Waals surface area contributed by atoms with E-state index < -0.39 is 0 Å².